The van der Waals surface area contributed by atoms with E-state index in [4.69, 9.17) is 4.74 Å². The first-order valence-electron chi connectivity index (χ1n) is 9.05. The summed E-state index contributed by atoms with van der Waals surface area (Å²) in [6.07, 6.45) is 3.98. The van der Waals surface area contributed by atoms with Crippen LogP contribution in [0.4, 0.5) is 10.5 Å². The van der Waals surface area contributed by atoms with Crippen molar-refractivity contribution < 1.29 is 23.9 Å². The molecule has 1 aliphatic rings. The van der Waals surface area contributed by atoms with Crippen LogP contribution in [-0.4, -0.2) is 36.0 Å². The Kier molecular flexibility index (Phi) is 7.34. The van der Waals surface area contributed by atoms with E-state index in [9.17, 15) is 19.2 Å². The number of ether oxygens (including phenoxy) is 1. The molecule has 1 atom stereocenters. The number of anilines is 1. The second-order valence-corrected chi connectivity index (χ2v) is 6.60. The molecule has 1 aliphatic carbocycles. The highest BCUT2D eigenvalue weighted by atomic mass is 16.5. The van der Waals surface area contributed by atoms with Crippen molar-refractivity contribution in [1.82, 2.24) is 10.6 Å². The molecule has 1 aromatic rings. The first-order chi connectivity index (χ1) is 12.8. The molecule has 0 unspecified atom stereocenters. The molecular formula is C19H25N3O5. The lowest BCUT2D eigenvalue weighted by atomic mass is 9.96. The van der Waals surface area contributed by atoms with Crippen LogP contribution < -0.4 is 16.0 Å². The van der Waals surface area contributed by atoms with Crippen LogP contribution in [0.2, 0.25) is 0 Å². The lowest BCUT2D eigenvalue weighted by Gasteiger charge is -2.23. The van der Waals surface area contributed by atoms with Crippen molar-refractivity contribution in [3.05, 3.63) is 29.8 Å². The van der Waals surface area contributed by atoms with E-state index in [-0.39, 0.29) is 17.5 Å². The normalized spacial score (nSPS) is 15.3. The van der Waals surface area contributed by atoms with Crippen LogP contribution in [0.1, 0.15) is 56.3 Å². The van der Waals surface area contributed by atoms with Crippen LogP contribution in [0.25, 0.3) is 0 Å². The van der Waals surface area contributed by atoms with Gasteiger partial charge in [0.1, 0.15) is 0 Å². The molecule has 0 radical (unpaired) electrons. The second kappa shape index (κ2) is 9.70. The standard InChI is InChI=1S/C19H25N3O5/c1-12(17(24)22-19(26)21-15-6-4-3-5-7-15)27-18(25)14-8-10-16(11-9-14)20-13(2)23/h8-12,15H,3-7H2,1-2H3,(H,20,23)(H2,21,22,24,26)/t12-/m1/s1. The number of urea groups is 1. The molecule has 0 heterocycles. The minimum absolute atomic E-state index is 0.0755. The predicted octanol–water partition coefficient (Wildman–Crippen LogP) is 2.35. The largest absolute Gasteiger partial charge is 0.449 e. The minimum Gasteiger partial charge on any atom is -0.449 e. The van der Waals surface area contributed by atoms with Gasteiger partial charge in [0.25, 0.3) is 5.91 Å². The van der Waals surface area contributed by atoms with E-state index < -0.39 is 24.0 Å². The Morgan fingerprint density at radius 3 is 2.26 bits per heavy atom. The van der Waals surface area contributed by atoms with Gasteiger partial charge in [0.15, 0.2) is 6.10 Å². The number of imide groups is 1. The zero-order chi connectivity index (χ0) is 19.8. The molecule has 0 saturated heterocycles. The van der Waals surface area contributed by atoms with Crippen LogP contribution in [0.3, 0.4) is 0 Å². The summed E-state index contributed by atoms with van der Waals surface area (Å²) >= 11 is 0. The van der Waals surface area contributed by atoms with E-state index in [0.717, 1.165) is 32.1 Å². The van der Waals surface area contributed by atoms with Crippen LogP contribution >= 0.6 is 0 Å². The van der Waals surface area contributed by atoms with Gasteiger partial charge < -0.3 is 15.4 Å². The predicted molar refractivity (Wildman–Crippen MR) is 99.2 cm³/mol. The van der Waals surface area contributed by atoms with Crippen molar-refractivity contribution in [1.29, 1.82) is 0 Å². The van der Waals surface area contributed by atoms with Gasteiger partial charge in [0.2, 0.25) is 5.91 Å². The highest BCUT2D eigenvalue weighted by Crippen LogP contribution is 2.17. The van der Waals surface area contributed by atoms with Gasteiger partial charge in [0.05, 0.1) is 5.56 Å². The zero-order valence-corrected chi connectivity index (χ0v) is 15.5. The van der Waals surface area contributed by atoms with Gasteiger partial charge in [-0.15, -0.1) is 0 Å². The van der Waals surface area contributed by atoms with Crippen molar-refractivity contribution >= 4 is 29.5 Å². The van der Waals surface area contributed by atoms with Crippen molar-refractivity contribution in [2.45, 2.75) is 58.1 Å². The Balaban J connectivity index is 1.81. The van der Waals surface area contributed by atoms with E-state index in [2.05, 4.69) is 16.0 Å². The molecular weight excluding hydrogens is 350 g/mol. The zero-order valence-electron chi connectivity index (χ0n) is 15.5. The van der Waals surface area contributed by atoms with E-state index in [1.165, 1.54) is 26.0 Å². The van der Waals surface area contributed by atoms with Gasteiger partial charge in [0, 0.05) is 18.7 Å². The number of carbonyl (C=O) groups excluding carboxylic acids is 4. The Hall–Kier alpha value is -2.90. The van der Waals surface area contributed by atoms with Gasteiger partial charge in [-0.25, -0.2) is 9.59 Å². The summed E-state index contributed by atoms with van der Waals surface area (Å²) in [6.45, 7) is 2.78. The third kappa shape index (κ3) is 6.73. The molecule has 0 aliphatic heterocycles. The Morgan fingerprint density at radius 2 is 1.67 bits per heavy atom. The van der Waals surface area contributed by atoms with Crippen LogP contribution in [0.15, 0.2) is 24.3 Å². The topological polar surface area (TPSA) is 114 Å². The van der Waals surface area contributed by atoms with Crippen molar-refractivity contribution in [2.75, 3.05) is 5.32 Å². The Bertz CT molecular complexity index is 696. The maximum Gasteiger partial charge on any atom is 0.338 e. The molecule has 0 aromatic heterocycles. The molecule has 8 nitrogen and oxygen atoms in total. The second-order valence-electron chi connectivity index (χ2n) is 6.60. The molecule has 8 heteroatoms. The average Bonchev–Trinajstić information content (AvgIpc) is 2.62. The van der Waals surface area contributed by atoms with Gasteiger partial charge >= 0.3 is 12.0 Å². The fourth-order valence-electron chi connectivity index (χ4n) is 2.86. The van der Waals surface area contributed by atoms with E-state index >= 15 is 0 Å². The smallest absolute Gasteiger partial charge is 0.338 e. The number of amides is 4. The number of hydrogen-bond donors (Lipinski definition) is 3. The third-order valence-corrected chi connectivity index (χ3v) is 4.27. The monoisotopic (exact) mass is 375 g/mol. The minimum atomic E-state index is -1.12. The quantitative estimate of drug-likeness (QED) is 0.684. The number of esters is 1. The van der Waals surface area contributed by atoms with Gasteiger partial charge in [-0.05, 0) is 44.0 Å². The summed E-state index contributed by atoms with van der Waals surface area (Å²) < 4.78 is 5.09. The van der Waals surface area contributed by atoms with Crippen molar-refractivity contribution in [3.8, 4) is 0 Å². The van der Waals surface area contributed by atoms with Gasteiger partial charge in [-0.2, -0.15) is 0 Å². The lowest BCUT2D eigenvalue weighted by Crippen LogP contribution is -2.48. The molecule has 4 amide bonds. The molecule has 27 heavy (non-hydrogen) atoms. The number of nitrogens with one attached hydrogen (secondary N) is 3. The first kappa shape index (κ1) is 20.4. The highest BCUT2D eigenvalue weighted by molar-refractivity contribution is 5.98. The molecule has 2 rings (SSSR count). The van der Waals surface area contributed by atoms with Crippen LogP contribution in [0, 0.1) is 0 Å². The molecule has 0 spiro atoms. The SMILES string of the molecule is CC(=O)Nc1ccc(C(=O)O[C@H](C)C(=O)NC(=O)NC2CCCCC2)cc1. The molecule has 0 bridgehead atoms. The fourth-order valence-corrected chi connectivity index (χ4v) is 2.86. The van der Waals surface area contributed by atoms with Crippen molar-refractivity contribution in [3.63, 3.8) is 0 Å². The summed E-state index contributed by atoms with van der Waals surface area (Å²) in [5.41, 5.74) is 0.777. The number of rotatable bonds is 5. The van der Waals surface area contributed by atoms with Gasteiger partial charge in [-0.3, -0.25) is 14.9 Å². The Labute approximate surface area is 158 Å². The Morgan fingerprint density at radius 1 is 1.04 bits per heavy atom. The number of hydrogen-bond acceptors (Lipinski definition) is 5. The van der Waals surface area contributed by atoms with Gasteiger partial charge in [-0.1, -0.05) is 19.3 Å². The van der Waals surface area contributed by atoms with Crippen LogP contribution in [0.5, 0.6) is 0 Å². The summed E-state index contributed by atoms with van der Waals surface area (Å²) in [5, 5.41) is 7.55. The first-order valence-corrected chi connectivity index (χ1v) is 9.05. The lowest BCUT2D eigenvalue weighted by molar-refractivity contribution is -0.128. The van der Waals surface area contributed by atoms with E-state index in [1.807, 2.05) is 0 Å². The summed E-state index contributed by atoms with van der Waals surface area (Å²) in [6, 6.07) is 5.57. The third-order valence-electron chi connectivity index (χ3n) is 4.27. The maximum atomic E-state index is 12.1. The molecule has 146 valence electrons. The van der Waals surface area contributed by atoms with Crippen molar-refractivity contribution in [2.24, 2.45) is 0 Å². The molecule has 1 aromatic carbocycles. The average molecular weight is 375 g/mol. The summed E-state index contributed by atoms with van der Waals surface area (Å²) in [4.78, 5) is 47.0. The maximum absolute atomic E-state index is 12.1. The molecule has 1 saturated carbocycles. The fraction of sp³-hybridized carbons (Fsp3) is 0.474. The molecule has 1 fully saturated rings. The summed E-state index contributed by atoms with van der Waals surface area (Å²) in [7, 11) is 0. The van der Waals surface area contributed by atoms with E-state index in [0.29, 0.717) is 5.69 Å². The van der Waals surface area contributed by atoms with Crippen LogP contribution in [-0.2, 0) is 14.3 Å². The number of benzene rings is 1. The summed E-state index contributed by atoms with van der Waals surface area (Å²) in [5.74, 6) is -1.60. The number of carbonyl (C=O) groups is 4. The van der Waals surface area contributed by atoms with E-state index in [1.54, 1.807) is 12.1 Å². The molecule has 3 N–H and O–H groups in total. The highest BCUT2D eigenvalue weighted by Gasteiger charge is 2.22.